The third-order valence-electron chi connectivity index (χ3n) is 1.74. The summed E-state index contributed by atoms with van der Waals surface area (Å²) in [6.45, 7) is 0.0663. The van der Waals surface area contributed by atoms with Gasteiger partial charge in [0.2, 0.25) is 5.91 Å². The van der Waals surface area contributed by atoms with E-state index in [0.29, 0.717) is 0 Å². The zero-order valence-corrected chi connectivity index (χ0v) is 9.27. The van der Waals surface area contributed by atoms with Gasteiger partial charge >= 0.3 is 11.9 Å². The molecule has 0 radical (unpaired) electrons. The van der Waals surface area contributed by atoms with Crippen molar-refractivity contribution >= 4 is 17.8 Å². The summed E-state index contributed by atoms with van der Waals surface area (Å²) in [4.78, 5) is 33.8. The maximum absolute atomic E-state index is 11.2. The number of likely N-dealkylation sites (N-methyl/N-ethyl adjacent to an activating group) is 1. The summed E-state index contributed by atoms with van der Waals surface area (Å²) in [6.07, 6.45) is -0.414. The Labute approximate surface area is 93.0 Å². The van der Waals surface area contributed by atoms with Crippen LogP contribution in [-0.4, -0.2) is 59.6 Å². The smallest absolute Gasteiger partial charge is 0.326 e. The molecule has 0 heterocycles. The second kappa shape index (κ2) is 6.78. The van der Waals surface area contributed by atoms with Crippen molar-refractivity contribution in [2.24, 2.45) is 0 Å². The molecule has 0 fully saturated rings. The topological polar surface area (TPSA) is 107 Å². The van der Waals surface area contributed by atoms with Gasteiger partial charge in [0.15, 0.2) is 0 Å². The first-order valence-electron chi connectivity index (χ1n) is 4.71. The predicted molar refractivity (Wildman–Crippen MR) is 55.0 cm³/mol. The van der Waals surface area contributed by atoms with Crippen LogP contribution in [0.25, 0.3) is 0 Å². The summed E-state index contributed by atoms with van der Waals surface area (Å²) in [7, 11) is 3.35. The maximum Gasteiger partial charge on any atom is 0.326 e. The highest BCUT2D eigenvalue weighted by molar-refractivity contribution is 5.85. The normalized spacial score (nSPS) is 12.2. The first kappa shape index (κ1) is 14.4. The number of hydrogen-bond acceptors (Lipinski definition) is 4. The number of aliphatic carboxylic acids is 2. The Morgan fingerprint density at radius 1 is 1.25 bits per heavy atom. The highest BCUT2D eigenvalue weighted by atomic mass is 16.4. The summed E-state index contributed by atoms with van der Waals surface area (Å²) in [5, 5.41) is 19.4. The van der Waals surface area contributed by atoms with E-state index in [4.69, 9.17) is 10.2 Å². The molecule has 0 spiro atoms. The van der Waals surface area contributed by atoms with Crippen LogP contribution in [0.3, 0.4) is 0 Å². The molecule has 3 N–H and O–H groups in total. The monoisotopic (exact) mass is 232 g/mol. The van der Waals surface area contributed by atoms with Crippen molar-refractivity contribution in [3.63, 3.8) is 0 Å². The van der Waals surface area contributed by atoms with Gasteiger partial charge in [-0.2, -0.15) is 0 Å². The lowest BCUT2D eigenvalue weighted by Gasteiger charge is -2.15. The van der Waals surface area contributed by atoms with Gasteiger partial charge in [0.05, 0.1) is 6.54 Å². The lowest BCUT2D eigenvalue weighted by Crippen LogP contribution is -2.44. The van der Waals surface area contributed by atoms with Crippen LogP contribution in [0.1, 0.15) is 12.8 Å². The number of amides is 1. The second-order valence-corrected chi connectivity index (χ2v) is 3.63. The molecule has 0 aromatic heterocycles. The number of carbonyl (C=O) groups excluding carboxylic acids is 1. The maximum atomic E-state index is 11.2. The molecule has 0 aliphatic rings. The Kier molecular flexibility index (Phi) is 6.09. The van der Waals surface area contributed by atoms with Crippen LogP contribution < -0.4 is 5.32 Å². The van der Waals surface area contributed by atoms with Gasteiger partial charge < -0.3 is 20.4 Å². The number of hydrogen-bond donors (Lipinski definition) is 3. The highest BCUT2D eigenvalue weighted by Gasteiger charge is 2.20. The van der Waals surface area contributed by atoms with E-state index in [1.807, 2.05) is 0 Å². The minimum absolute atomic E-state index is 0.0663. The summed E-state index contributed by atoms with van der Waals surface area (Å²) >= 11 is 0. The van der Waals surface area contributed by atoms with Gasteiger partial charge in [-0.25, -0.2) is 4.79 Å². The van der Waals surface area contributed by atoms with Gasteiger partial charge in [-0.15, -0.1) is 0 Å². The van der Waals surface area contributed by atoms with Crippen LogP contribution >= 0.6 is 0 Å². The molecule has 7 heteroatoms. The third-order valence-corrected chi connectivity index (χ3v) is 1.74. The van der Waals surface area contributed by atoms with Crippen LogP contribution in [0.15, 0.2) is 0 Å². The molecule has 7 nitrogen and oxygen atoms in total. The Morgan fingerprint density at radius 3 is 2.19 bits per heavy atom. The van der Waals surface area contributed by atoms with Crippen LogP contribution in [0, 0.1) is 0 Å². The van der Waals surface area contributed by atoms with E-state index in [1.165, 1.54) is 0 Å². The third kappa shape index (κ3) is 6.77. The molecule has 0 aliphatic heterocycles. The minimum Gasteiger partial charge on any atom is -0.481 e. The summed E-state index contributed by atoms with van der Waals surface area (Å²) in [5.41, 5.74) is 0. The van der Waals surface area contributed by atoms with Gasteiger partial charge in [0.1, 0.15) is 6.04 Å². The Bertz CT molecular complexity index is 277. The van der Waals surface area contributed by atoms with Crippen LogP contribution in [-0.2, 0) is 14.4 Å². The molecule has 1 atom stereocenters. The second-order valence-electron chi connectivity index (χ2n) is 3.63. The van der Waals surface area contributed by atoms with Gasteiger partial charge in [-0.05, 0) is 20.5 Å². The van der Waals surface area contributed by atoms with E-state index < -0.39 is 23.9 Å². The minimum atomic E-state index is -1.23. The fourth-order valence-corrected chi connectivity index (χ4v) is 1.05. The van der Waals surface area contributed by atoms with Crippen molar-refractivity contribution in [2.75, 3.05) is 20.6 Å². The summed E-state index contributed by atoms with van der Waals surface area (Å²) in [6, 6.07) is -1.15. The molecule has 0 aromatic rings. The number of nitrogens with zero attached hydrogens (tertiary/aromatic N) is 1. The van der Waals surface area contributed by atoms with Crippen molar-refractivity contribution in [1.29, 1.82) is 0 Å². The molecule has 16 heavy (non-hydrogen) atoms. The Morgan fingerprint density at radius 2 is 1.81 bits per heavy atom. The lowest BCUT2D eigenvalue weighted by atomic mass is 10.1. The van der Waals surface area contributed by atoms with Crippen molar-refractivity contribution in [1.82, 2.24) is 10.2 Å². The van der Waals surface area contributed by atoms with Crippen molar-refractivity contribution in [2.45, 2.75) is 18.9 Å². The first-order valence-corrected chi connectivity index (χ1v) is 4.71. The average molecular weight is 232 g/mol. The van der Waals surface area contributed by atoms with Crippen molar-refractivity contribution < 1.29 is 24.6 Å². The average Bonchev–Trinajstić information content (AvgIpc) is 2.09. The first-order chi connectivity index (χ1) is 7.32. The summed E-state index contributed by atoms with van der Waals surface area (Å²) < 4.78 is 0. The van der Waals surface area contributed by atoms with E-state index in [9.17, 15) is 14.4 Å². The fourth-order valence-electron chi connectivity index (χ4n) is 1.05. The van der Waals surface area contributed by atoms with Gasteiger partial charge in [0, 0.05) is 6.42 Å². The lowest BCUT2D eigenvalue weighted by molar-refractivity contribution is -0.143. The van der Waals surface area contributed by atoms with Crippen LogP contribution in [0.5, 0.6) is 0 Å². The number of carboxylic acid groups (broad SMARTS) is 2. The number of carboxylic acids is 2. The quantitative estimate of drug-likeness (QED) is 0.518. The molecule has 0 bridgehead atoms. The molecule has 92 valence electrons. The van der Waals surface area contributed by atoms with Gasteiger partial charge in [0.25, 0.3) is 0 Å². The molecule has 0 aliphatic carbocycles. The van der Waals surface area contributed by atoms with Crippen LogP contribution in [0.4, 0.5) is 0 Å². The van der Waals surface area contributed by atoms with Crippen molar-refractivity contribution in [3.05, 3.63) is 0 Å². The molecule has 1 amide bonds. The molecular formula is C9H16N2O5. The zero-order chi connectivity index (χ0) is 12.7. The van der Waals surface area contributed by atoms with E-state index in [1.54, 1.807) is 19.0 Å². The number of carbonyl (C=O) groups is 3. The van der Waals surface area contributed by atoms with Crippen molar-refractivity contribution in [3.8, 4) is 0 Å². The van der Waals surface area contributed by atoms with E-state index >= 15 is 0 Å². The number of rotatable bonds is 7. The molecule has 1 unspecified atom stereocenters. The van der Waals surface area contributed by atoms with E-state index in [2.05, 4.69) is 5.32 Å². The van der Waals surface area contributed by atoms with E-state index in [0.717, 1.165) is 0 Å². The molecule has 0 aromatic carbocycles. The molecule has 0 saturated carbocycles. The highest BCUT2D eigenvalue weighted by Crippen LogP contribution is 1.98. The Hall–Kier alpha value is -1.63. The van der Waals surface area contributed by atoms with Crippen LogP contribution in [0.2, 0.25) is 0 Å². The van der Waals surface area contributed by atoms with Gasteiger partial charge in [-0.3, -0.25) is 9.59 Å². The zero-order valence-electron chi connectivity index (χ0n) is 9.27. The number of nitrogens with one attached hydrogen (secondary N) is 1. The standard InChI is InChI=1S/C9H16N2O5/c1-11(2)5-7(12)10-6(9(15)16)3-4-8(13)14/h6H,3-5H2,1-2H3,(H,10,12)(H,13,14)(H,15,16). The predicted octanol–water partition coefficient (Wildman–Crippen LogP) is -1.02. The molecule has 0 rings (SSSR count). The van der Waals surface area contributed by atoms with E-state index in [-0.39, 0.29) is 19.4 Å². The largest absolute Gasteiger partial charge is 0.481 e. The molecular weight excluding hydrogens is 216 g/mol. The Balaban J connectivity index is 4.17. The summed E-state index contributed by atoms with van der Waals surface area (Å²) in [5.74, 6) is -2.76. The fraction of sp³-hybridized carbons (Fsp3) is 0.667. The SMILES string of the molecule is CN(C)CC(=O)NC(CCC(=O)O)C(=O)O. The van der Waals surface area contributed by atoms with Gasteiger partial charge in [-0.1, -0.05) is 0 Å². The molecule has 0 saturated heterocycles.